The molecule has 0 saturated heterocycles. The van der Waals surface area contributed by atoms with Crippen LogP contribution in [0.4, 0.5) is 5.69 Å². The average molecular weight is 617 g/mol. The Hall–Kier alpha value is -2.30. The van der Waals surface area contributed by atoms with E-state index < -0.39 is 16.1 Å². The van der Waals surface area contributed by atoms with Crippen LogP contribution in [0.5, 0.6) is 5.75 Å². The summed E-state index contributed by atoms with van der Waals surface area (Å²) < 4.78 is 32.2. The van der Waals surface area contributed by atoms with Gasteiger partial charge in [-0.3, -0.25) is 13.9 Å². The van der Waals surface area contributed by atoms with Gasteiger partial charge in [-0.25, -0.2) is 8.42 Å². The second kappa shape index (κ2) is 14.0. The van der Waals surface area contributed by atoms with Crippen LogP contribution in [-0.4, -0.2) is 57.1 Å². The number of anilines is 1. The molecule has 0 fully saturated rings. The lowest BCUT2D eigenvalue weighted by Gasteiger charge is -2.30. The standard InChI is InChI=1S/C26H35BrClN3O5S/c1-6-18(2)29-26(33)19(3)30(17-20-9-7-10-21(27)15-20)25(32)11-8-14-31(37(5,34)35)22-12-13-24(36-4)23(28)16-22/h7,9-10,12-13,15-16,18-19H,6,8,11,14,17H2,1-5H3,(H,29,33). The molecule has 0 bridgehead atoms. The van der Waals surface area contributed by atoms with Crippen molar-refractivity contribution in [3.63, 3.8) is 0 Å². The summed E-state index contributed by atoms with van der Waals surface area (Å²) in [4.78, 5) is 27.8. The third kappa shape index (κ3) is 9.19. The molecule has 0 spiro atoms. The fourth-order valence-corrected chi connectivity index (χ4v) is 5.35. The maximum Gasteiger partial charge on any atom is 0.242 e. The Morgan fingerprint density at radius 2 is 1.86 bits per heavy atom. The van der Waals surface area contributed by atoms with Gasteiger partial charge in [-0.1, -0.05) is 46.6 Å². The lowest BCUT2D eigenvalue weighted by atomic mass is 10.1. The second-order valence-corrected chi connectivity index (χ2v) is 12.1. The lowest BCUT2D eigenvalue weighted by molar-refractivity contribution is -0.140. The monoisotopic (exact) mass is 615 g/mol. The van der Waals surface area contributed by atoms with Gasteiger partial charge in [0, 0.05) is 30.0 Å². The fourth-order valence-electron chi connectivity index (χ4n) is 3.69. The van der Waals surface area contributed by atoms with Crippen LogP contribution in [-0.2, 0) is 26.2 Å². The molecule has 1 N–H and O–H groups in total. The van der Waals surface area contributed by atoms with Gasteiger partial charge in [-0.2, -0.15) is 0 Å². The second-order valence-electron chi connectivity index (χ2n) is 8.90. The van der Waals surface area contributed by atoms with Crippen molar-refractivity contribution in [2.75, 3.05) is 24.2 Å². The first-order valence-corrected chi connectivity index (χ1v) is 15.0. The SMILES string of the molecule is CCC(C)NC(=O)C(C)N(Cc1cccc(Br)c1)C(=O)CCCN(c1ccc(OC)c(Cl)c1)S(C)(=O)=O. The predicted molar refractivity (Wildman–Crippen MR) is 151 cm³/mol. The minimum Gasteiger partial charge on any atom is -0.495 e. The van der Waals surface area contributed by atoms with E-state index in [0.717, 1.165) is 22.7 Å². The molecule has 2 aromatic rings. The minimum atomic E-state index is -3.63. The van der Waals surface area contributed by atoms with Gasteiger partial charge in [0.15, 0.2) is 0 Å². The van der Waals surface area contributed by atoms with Gasteiger partial charge >= 0.3 is 0 Å². The maximum atomic E-state index is 13.4. The van der Waals surface area contributed by atoms with E-state index in [2.05, 4.69) is 21.2 Å². The summed E-state index contributed by atoms with van der Waals surface area (Å²) in [5, 5.41) is 3.22. The Morgan fingerprint density at radius 3 is 2.43 bits per heavy atom. The molecule has 2 aromatic carbocycles. The third-order valence-corrected chi connectivity index (χ3v) is 7.97. The molecule has 2 amide bonds. The number of carbonyl (C=O) groups excluding carboxylic acids is 2. The van der Waals surface area contributed by atoms with Crippen LogP contribution >= 0.6 is 27.5 Å². The number of hydrogen-bond donors (Lipinski definition) is 1. The maximum absolute atomic E-state index is 13.4. The zero-order valence-corrected chi connectivity index (χ0v) is 25.0. The Labute approximate surface area is 233 Å². The number of carbonyl (C=O) groups is 2. The molecule has 8 nitrogen and oxygen atoms in total. The number of amides is 2. The largest absolute Gasteiger partial charge is 0.495 e. The van der Waals surface area contributed by atoms with Crippen molar-refractivity contribution >= 4 is 55.1 Å². The smallest absolute Gasteiger partial charge is 0.242 e. The van der Waals surface area contributed by atoms with E-state index in [1.165, 1.54) is 22.4 Å². The summed E-state index contributed by atoms with van der Waals surface area (Å²) in [6.45, 7) is 5.91. The number of methoxy groups -OCH3 is 1. The first kappa shape index (κ1) is 30.9. The predicted octanol–water partition coefficient (Wildman–Crippen LogP) is 4.99. The third-order valence-electron chi connectivity index (χ3n) is 5.99. The van der Waals surface area contributed by atoms with Crippen molar-refractivity contribution in [2.45, 2.75) is 58.7 Å². The van der Waals surface area contributed by atoms with E-state index in [1.807, 2.05) is 38.1 Å². The zero-order chi connectivity index (χ0) is 27.8. The quantitative estimate of drug-likeness (QED) is 0.342. The van der Waals surface area contributed by atoms with Crippen LogP contribution in [0.2, 0.25) is 5.02 Å². The number of nitrogens with zero attached hydrogens (tertiary/aromatic N) is 2. The number of ether oxygens (including phenoxy) is 1. The lowest BCUT2D eigenvalue weighted by Crippen LogP contribution is -2.49. The van der Waals surface area contributed by atoms with E-state index in [-0.39, 0.29) is 48.8 Å². The molecule has 0 radical (unpaired) electrons. The Bertz CT molecular complexity index is 1190. The van der Waals surface area contributed by atoms with Gasteiger partial charge in [0.2, 0.25) is 21.8 Å². The van der Waals surface area contributed by atoms with Crippen molar-refractivity contribution in [1.29, 1.82) is 0 Å². The number of halogens is 2. The van der Waals surface area contributed by atoms with Gasteiger partial charge in [0.25, 0.3) is 0 Å². The summed E-state index contributed by atoms with van der Waals surface area (Å²) in [7, 11) is -2.16. The minimum absolute atomic E-state index is 0.0163. The van der Waals surface area contributed by atoms with Gasteiger partial charge in [0.05, 0.1) is 24.1 Å². The molecule has 204 valence electrons. The van der Waals surface area contributed by atoms with Crippen molar-refractivity contribution in [3.05, 3.63) is 57.5 Å². The molecule has 37 heavy (non-hydrogen) atoms. The summed E-state index contributed by atoms with van der Waals surface area (Å²) in [6.07, 6.45) is 2.19. The molecule has 0 aromatic heterocycles. The Kier molecular flexibility index (Phi) is 11.7. The average Bonchev–Trinajstić information content (AvgIpc) is 2.83. The topological polar surface area (TPSA) is 96.0 Å². The van der Waals surface area contributed by atoms with Gasteiger partial charge < -0.3 is 15.0 Å². The molecule has 0 aliphatic heterocycles. The summed E-state index contributed by atoms with van der Waals surface area (Å²) in [5.74, 6) is -0.0433. The number of sulfonamides is 1. The normalized spacial score (nSPS) is 12.9. The van der Waals surface area contributed by atoms with Crippen molar-refractivity contribution in [1.82, 2.24) is 10.2 Å². The number of benzene rings is 2. The van der Waals surface area contributed by atoms with E-state index in [4.69, 9.17) is 16.3 Å². The molecule has 0 aliphatic rings. The number of rotatable bonds is 13. The summed E-state index contributed by atoms with van der Waals surface area (Å²) >= 11 is 9.65. The Balaban J connectivity index is 2.20. The van der Waals surface area contributed by atoms with E-state index in [0.29, 0.717) is 11.4 Å². The molecule has 0 heterocycles. The number of hydrogen-bond acceptors (Lipinski definition) is 5. The molecular formula is C26H35BrClN3O5S. The zero-order valence-electron chi connectivity index (χ0n) is 21.8. The van der Waals surface area contributed by atoms with E-state index in [1.54, 1.807) is 19.1 Å². The van der Waals surface area contributed by atoms with Crippen molar-refractivity contribution in [2.24, 2.45) is 0 Å². The summed E-state index contributed by atoms with van der Waals surface area (Å²) in [5.41, 5.74) is 1.25. The van der Waals surface area contributed by atoms with Crippen molar-refractivity contribution in [3.8, 4) is 5.75 Å². The summed E-state index contributed by atoms with van der Waals surface area (Å²) in [6, 6.07) is 11.6. The van der Waals surface area contributed by atoms with Crippen LogP contribution in [0.25, 0.3) is 0 Å². The van der Waals surface area contributed by atoms with Gasteiger partial charge in [-0.05, 0) is 62.6 Å². The van der Waals surface area contributed by atoms with Crippen LogP contribution in [0.15, 0.2) is 46.9 Å². The highest BCUT2D eigenvalue weighted by Crippen LogP contribution is 2.30. The van der Waals surface area contributed by atoms with Crippen LogP contribution in [0.3, 0.4) is 0 Å². The highest BCUT2D eigenvalue weighted by atomic mass is 79.9. The molecule has 2 unspecified atom stereocenters. The van der Waals surface area contributed by atoms with Crippen LogP contribution < -0.4 is 14.4 Å². The van der Waals surface area contributed by atoms with E-state index in [9.17, 15) is 18.0 Å². The fraction of sp³-hybridized carbons (Fsp3) is 0.462. The molecule has 0 saturated carbocycles. The van der Waals surface area contributed by atoms with Crippen LogP contribution in [0.1, 0.15) is 45.6 Å². The molecule has 0 aliphatic carbocycles. The molecule has 2 atom stereocenters. The molecule has 11 heteroatoms. The first-order valence-electron chi connectivity index (χ1n) is 12.0. The molecule has 2 rings (SSSR count). The molecular weight excluding hydrogens is 582 g/mol. The van der Waals surface area contributed by atoms with Gasteiger partial charge in [0.1, 0.15) is 11.8 Å². The Morgan fingerprint density at radius 1 is 1.16 bits per heavy atom. The number of nitrogens with one attached hydrogen (secondary N) is 1. The van der Waals surface area contributed by atoms with Crippen molar-refractivity contribution < 1.29 is 22.7 Å². The van der Waals surface area contributed by atoms with Gasteiger partial charge in [-0.15, -0.1) is 0 Å². The highest BCUT2D eigenvalue weighted by Gasteiger charge is 2.27. The van der Waals surface area contributed by atoms with E-state index >= 15 is 0 Å². The first-order chi connectivity index (χ1) is 17.4. The van der Waals surface area contributed by atoms with Crippen LogP contribution in [0, 0.1) is 0 Å². The highest BCUT2D eigenvalue weighted by molar-refractivity contribution is 9.10.